The van der Waals surface area contributed by atoms with Gasteiger partial charge in [-0.3, -0.25) is 0 Å². The normalized spacial score (nSPS) is 7.40. The van der Waals surface area contributed by atoms with Gasteiger partial charge in [-0.2, -0.15) is 0 Å². The van der Waals surface area contributed by atoms with E-state index in [1.807, 2.05) is 0 Å². The number of nitrogens with two attached hydrogens (primary N) is 2. The highest BCUT2D eigenvalue weighted by Crippen LogP contribution is 1.68. The van der Waals surface area contributed by atoms with Crippen LogP contribution in [-0.4, -0.2) is 0 Å². The van der Waals surface area contributed by atoms with E-state index < -0.39 is 0 Å². The molecule has 0 aromatic heterocycles. The Morgan fingerprint density at radius 3 is 2.00 bits per heavy atom. The summed E-state index contributed by atoms with van der Waals surface area (Å²) in [4.78, 5) is 0. The van der Waals surface area contributed by atoms with Crippen LogP contribution in [0, 0.1) is 6.54 Å². The maximum atomic E-state index is 4.92. The maximum Gasteiger partial charge on any atom is 0.0646 e. The lowest BCUT2D eigenvalue weighted by atomic mass is 10.5. The molecule has 0 unspecified atom stereocenters. The SMILES string of the molecule is C=C(N)[CH]N. The summed E-state index contributed by atoms with van der Waals surface area (Å²) in [6.07, 6.45) is 0. The predicted molar refractivity (Wildman–Crippen MR) is 21.8 cm³/mol. The molecule has 0 saturated heterocycles. The molecule has 0 bridgehead atoms. The molecule has 0 aromatic rings. The van der Waals surface area contributed by atoms with Gasteiger partial charge >= 0.3 is 0 Å². The molecule has 0 saturated carbocycles. The van der Waals surface area contributed by atoms with Crippen molar-refractivity contribution in [3.05, 3.63) is 18.8 Å². The molecule has 0 aliphatic rings. The summed E-state index contributed by atoms with van der Waals surface area (Å²) in [6, 6.07) is 0. The third-order valence-corrected chi connectivity index (χ3v) is 0.214. The van der Waals surface area contributed by atoms with Crippen LogP contribution in [0.5, 0.6) is 0 Å². The molecule has 2 heteroatoms. The molecule has 0 aliphatic heterocycles. The Kier molecular flexibility index (Phi) is 1.61. The second-order valence-electron chi connectivity index (χ2n) is 0.742. The molecule has 0 amide bonds. The van der Waals surface area contributed by atoms with Crippen LogP contribution in [0.4, 0.5) is 0 Å². The fraction of sp³-hybridized carbons (Fsp3) is 0. The third kappa shape index (κ3) is 3.50. The monoisotopic (exact) mass is 71.1 g/mol. The van der Waals surface area contributed by atoms with E-state index >= 15 is 0 Å². The number of rotatable bonds is 1. The van der Waals surface area contributed by atoms with Crippen molar-refractivity contribution in [2.24, 2.45) is 11.5 Å². The molecule has 0 fully saturated rings. The van der Waals surface area contributed by atoms with Gasteiger partial charge in [0.2, 0.25) is 0 Å². The molecule has 0 heterocycles. The van der Waals surface area contributed by atoms with Crippen molar-refractivity contribution in [1.82, 2.24) is 0 Å². The Morgan fingerprint density at radius 1 is 1.80 bits per heavy atom. The molecule has 0 atom stereocenters. The van der Waals surface area contributed by atoms with E-state index in [2.05, 4.69) is 6.58 Å². The molecular formula is C3H7N2. The smallest absolute Gasteiger partial charge is 0.0646 e. The van der Waals surface area contributed by atoms with Crippen LogP contribution in [0.25, 0.3) is 0 Å². The van der Waals surface area contributed by atoms with Crippen LogP contribution in [0.2, 0.25) is 0 Å². The Bertz CT molecular complexity index is 40.2. The Balaban J connectivity index is 2.85. The minimum atomic E-state index is 0.407. The second-order valence-corrected chi connectivity index (χ2v) is 0.742. The highest BCUT2D eigenvalue weighted by atomic mass is 14.7. The lowest BCUT2D eigenvalue weighted by Gasteiger charge is -1.81. The van der Waals surface area contributed by atoms with E-state index in [0.29, 0.717) is 5.70 Å². The quantitative estimate of drug-likeness (QED) is 0.441. The summed E-state index contributed by atoms with van der Waals surface area (Å²) in [5.41, 5.74) is 10.1. The van der Waals surface area contributed by atoms with Gasteiger partial charge < -0.3 is 11.5 Å². The van der Waals surface area contributed by atoms with Crippen LogP contribution in [0.1, 0.15) is 0 Å². The van der Waals surface area contributed by atoms with Crippen molar-refractivity contribution in [2.45, 2.75) is 0 Å². The van der Waals surface area contributed by atoms with Gasteiger partial charge in [0.05, 0.1) is 6.54 Å². The third-order valence-electron chi connectivity index (χ3n) is 0.214. The minimum absolute atomic E-state index is 0.407. The molecule has 0 spiro atoms. The van der Waals surface area contributed by atoms with Crippen LogP contribution < -0.4 is 11.5 Å². The molecule has 0 aliphatic carbocycles. The first-order valence-corrected chi connectivity index (χ1v) is 1.26. The van der Waals surface area contributed by atoms with Crippen molar-refractivity contribution >= 4 is 0 Å². The fourth-order valence-corrected chi connectivity index (χ4v) is 0. The summed E-state index contributed by atoms with van der Waals surface area (Å²) in [5, 5.41) is 0. The maximum absolute atomic E-state index is 4.92. The Labute approximate surface area is 31.5 Å². The van der Waals surface area contributed by atoms with E-state index in [4.69, 9.17) is 11.5 Å². The topological polar surface area (TPSA) is 52.0 Å². The lowest BCUT2D eigenvalue weighted by Crippen LogP contribution is -2.01. The molecule has 2 nitrogen and oxygen atoms in total. The molecule has 0 aromatic carbocycles. The van der Waals surface area contributed by atoms with Gasteiger partial charge in [0.25, 0.3) is 0 Å². The van der Waals surface area contributed by atoms with Gasteiger partial charge in [-0.1, -0.05) is 6.58 Å². The first-order valence-electron chi connectivity index (χ1n) is 1.26. The molecule has 0 rings (SSSR count). The summed E-state index contributed by atoms with van der Waals surface area (Å²) >= 11 is 0. The first kappa shape index (κ1) is 4.50. The minimum Gasteiger partial charge on any atom is -0.401 e. The van der Waals surface area contributed by atoms with E-state index in [1.165, 1.54) is 6.54 Å². The number of hydrogen-bond donors (Lipinski definition) is 2. The van der Waals surface area contributed by atoms with E-state index in [0.717, 1.165) is 0 Å². The van der Waals surface area contributed by atoms with Crippen LogP contribution in [-0.2, 0) is 0 Å². The second kappa shape index (κ2) is 1.79. The van der Waals surface area contributed by atoms with Crippen molar-refractivity contribution in [2.75, 3.05) is 0 Å². The highest BCUT2D eigenvalue weighted by molar-refractivity contribution is 4.97. The number of hydrogen-bond acceptors (Lipinski definition) is 2. The van der Waals surface area contributed by atoms with Gasteiger partial charge in [0.15, 0.2) is 0 Å². The van der Waals surface area contributed by atoms with Gasteiger partial charge in [-0.25, -0.2) is 0 Å². The van der Waals surface area contributed by atoms with E-state index in [9.17, 15) is 0 Å². The molecule has 29 valence electrons. The average molecular weight is 71.1 g/mol. The van der Waals surface area contributed by atoms with E-state index in [-0.39, 0.29) is 0 Å². The van der Waals surface area contributed by atoms with Gasteiger partial charge in [0.1, 0.15) is 0 Å². The Hall–Kier alpha value is -0.500. The van der Waals surface area contributed by atoms with Gasteiger partial charge in [0, 0.05) is 5.70 Å². The van der Waals surface area contributed by atoms with Gasteiger partial charge in [-0.05, 0) is 0 Å². The first-order chi connectivity index (χ1) is 2.27. The average Bonchev–Trinajstić information content (AvgIpc) is 1.38. The molecule has 4 N–H and O–H groups in total. The fourth-order valence-electron chi connectivity index (χ4n) is 0. The van der Waals surface area contributed by atoms with E-state index in [1.54, 1.807) is 0 Å². The Morgan fingerprint density at radius 2 is 2.00 bits per heavy atom. The zero-order chi connectivity index (χ0) is 4.28. The highest BCUT2D eigenvalue weighted by Gasteiger charge is 1.68. The zero-order valence-electron chi connectivity index (χ0n) is 2.94. The van der Waals surface area contributed by atoms with Crippen LogP contribution in [0.15, 0.2) is 12.3 Å². The molecule has 1 radical (unpaired) electrons. The van der Waals surface area contributed by atoms with Gasteiger partial charge in [-0.15, -0.1) is 0 Å². The van der Waals surface area contributed by atoms with Crippen molar-refractivity contribution < 1.29 is 0 Å². The van der Waals surface area contributed by atoms with Crippen LogP contribution in [0.3, 0.4) is 0 Å². The van der Waals surface area contributed by atoms with Crippen molar-refractivity contribution in [1.29, 1.82) is 0 Å². The summed E-state index contributed by atoms with van der Waals surface area (Å²) < 4.78 is 0. The largest absolute Gasteiger partial charge is 0.401 e. The molecule has 5 heavy (non-hydrogen) atoms. The predicted octanol–water partition coefficient (Wildman–Crippen LogP) is -0.421. The summed E-state index contributed by atoms with van der Waals surface area (Å²) in [7, 11) is 0. The summed E-state index contributed by atoms with van der Waals surface area (Å²) in [5.74, 6) is 0. The van der Waals surface area contributed by atoms with Crippen molar-refractivity contribution in [3.63, 3.8) is 0 Å². The zero-order valence-corrected chi connectivity index (χ0v) is 2.94. The standard InChI is InChI=1S/C3H7N2/c1-3(5)2-4/h2H,1,4-5H2. The molecular weight excluding hydrogens is 64.0 g/mol. The lowest BCUT2D eigenvalue weighted by molar-refractivity contribution is 1.26. The van der Waals surface area contributed by atoms with Crippen LogP contribution >= 0.6 is 0 Å². The summed E-state index contributed by atoms with van der Waals surface area (Å²) in [6.45, 7) is 4.52. The van der Waals surface area contributed by atoms with Crippen molar-refractivity contribution in [3.8, 4) is 0 Å².